The maximum absolute atomic E-state index is 11.5. The molecule has 10 nitrogen and oxygen atoms in total. The van der Waals surface area contributed by atoms with Crippen molar-refractivity contribution in [3.8, 4) is 5.75 Å². The predicted octanol–water partition coefficient (Wildman–Crippen LogP) is 8.54. The minimum atomic E-state index is -4.03. The van der Waals surface area contributed by atoms with Crippen LogP contribution in [0.2, 0.25) is 0 Å². The molecule has 0 radical (unpaired) electrons. The lowest BCUT2D eigenvalue weighted by atomic mass is 9.81. The van der Waals surface area contributed by atoms with Crippen LogP contribution in [0.4, 0.5) is 11.4 Å². The van der Waals surface area contributed by atoms with E-state index >= 15 is 0 Å². The Balaban J connectivity index is 1.40. The summed E-state index contributed by atoms with van der Waals surface area (Å²) < 4.78 is 73.6. The number of para-hydroxylation sites is 2. The van der Waals surface area contributed by atoms with E-state index < -0.39 is 20.2 Å². The van der Waals surface area contributed by atoms with E-state index in [1.807, 2.05) is 48.5 Å². The molecule has 3 aliphatic rings. The van der Waals surface area contributed by atoms with Gasteiger partial charge in [-0.05, 0) is 105 Å². The van der Waals surface area contributed by atoms with Gasteiger partial charge in [0.15, 0.2) is 5.71 Å². The van der Waals surface area contributed by atoms with Crippen LogP contribution in [0.3, 0.4) is 0 Å². The molecule has 0 spiro atoms. The van der Waals surface area contributed by atoms with E-state index in [0.717, 1.165) is 64.5 Å². The van der Waals surface area contributed by atoms with E-state index in [0.29, 0.717) is 51.1 Å². The lowest BCUT2D eigenvalue weighted by Gasteiger charge is -2.27. The van der Waals surface area contributed by atoms with Gasteiger partial charge >= 0.3 is 0 Å². The van der Waals surface area contributed by atoms with E-state index in [9.17, 15) is 25.9 Å². The fourth-order valence-corrected chi connectivity index (χ4v) is 9.53. The number of ether oxygens (including phenoxy) is 1. The number of hydrogen-bond acceptors (Lipinski definition) is 7. The van der Waals surface area contributed by atoms with Gasteiger partial charge in [-0.15, -0.1) is 0 Å². The van der Waals surface area contributed by atoms with Crippen LogP contribution in [0.5, 0.6) is 5.75 Å². The van der Waals surface area contributed by atoms with Crippen molar-refractivity contribution in [3.63, 3.8) is 0 Å². The van der Waals surface area contributed by atoms with Crippen LogP contribution in [-0.2, 0) is 37.6 Å². The highest BCUT2D eigenvalue weighted by atomic mass is 32.2. The van der Waals surface area contributed by atoms with Crippen LogP contribution in [0, 0.1) is 0 Å². The molecule has 1 aliphatic carbocycles. The number of anilines is 1. The predicted molar refractivity (Wildman–Crippen MR) is 229 cm³/mol. The van der Waals surface area contributed by atoms with E-state index in [1.54, 1.807) is 0 Å². The highest BCUT2D eigenvalue weighted by Crippen LogP contribution is 2.48. The van der Waals surface area contributed by atoms with E-state index in [1.165, 1.54) is 11.1 Å². The Morgan fingerprint density at radius 2 is 1.42 bits per heavy atom. The van der Waals surface area contributed by atoms with Gasteiger partial charge in [0.2, 0.25) is 5.69 Å². The normalized spacial score (nSPS) is 19.2. The quantitative estimate of drug-likeness (QED) is 0.0735. The average molecular weight is 815 g/mol. The molecular formula is C45H56N3O7S2+. The number of rotatable bonds is 16. The van der Waals surface area contributed by atoms with E-state index in [-0.39, 0.29) is 22.3 Å². The largest absolute Gasteiger partial charge is 0.457 e. The van der Waals surface area contributed by atoms with Crippen LogP contribution in [-0.4, -0.2) is 60.8 Å². The zero-order valence-corrected chi connectivity index (χ0v) is 35.1. The summed E-state index contributed by atoms with van der Waals surface area (Å²) in [6.07, 6.45) is 13.2. The van der Waals surface area contributed by atoms with Crippen LogP contribution in [0.1, 0.15) is 89.3 Å². The first-order valence-electron chi connectivity index (χ1n) is 19.8. The number of nitrogens with zero attached hydrogens (tertiary/aromatic N) is 2. The second-order valence-electron chi connectivity index (χ2n) is 16.2. The first kappa shape index (κ1) is 42.3. The van der Waals surface area contributed by atoms with Crippen molar-refractivity contribution in [2.75, 3.05) is 29.5 Å². The molecule has 0 unspecified atom stereocenters. The molecule has 57 heavy (non-hydrogen) atoms. The van der Waals surface area contributed by atoms with Crippen LogP contribution < -0.4 is 15.4 Å². The van der Waals surface area contributed by atoms with Gasteiger partial charge in [0, 0.05) is 54.0 Å². The molecule has 304 valence electrons. The monoisotopic (exact) mass is 814 g/mol. The fraction of sp³-hybridized carbons (Fsp3) is 0.400. The van der Waals surface area contributed by atoms with Crippen molar-refractivity contribution in [2.24, 2.45) is 5.73 Å². The van der Waals surface area contributed by atoms with E-state index in [4.69, 9.17) is 10.5 Å². The summed E-state index contributed by atoms with van der Waals surface area (Å²) in [5.41, 5.74) is 15.2. The molecule has 3 aromatic carbocycles. The Bertz CT molecular complexity index is 2350. The first-order chi connectivity index (χ1) is 27.0. The smallest absolute Gasteiger partial charge is 0.264 e. The van der Waals surface area contributed by atoms with Gasteiger partial charge in [0.25, 0.3) is 20.2 Å². The summed E-state index contributed by atoms with van der Waals surface area (Å²) in [4.78, 5) is 2.27. The van der Waals surface area contributed by atoms with Gasteiger partial charge < -0.3 is 15.4 Å². The first-order valence-corrected chi connectivity index (χ1v) is 23.0. The molecule has 0 bridgehead atoms. The molecule has 0 atom stereocenters. The fourth-order valence-electron chi connectivity index (χ4n) is 8.39. The Hall–Kier alpha value is -4.33. The van der Waals surface area contributed by atoms with Crippen molar-refractivity contribution in [1.29, 1.82) is 0 Å². The Labute approximate surface area is 338 Å². The van der Waals surface area contributed by atoms with Crippen molar-refractivity contribution >= 4 is 37.3 Å². The number of fused-ring (bicyclic) bond motifs is 2. The highest BCUT2D eigenvalue weighted by Gasteiger charge is 2.44. The maximum atomic E-state index is 11.5. The molecule has 0 saturated heterocycles. The van der Waals surface area contributed by atoms with Crippen LogP contribution >= 0.6 is 0 Å². The Morgan fingerprint density at radius 1 is 0.772 bits per heavy atom. The minimum Gasteiger partial charge on any atom is -0.457 e. The standard InChI is InChI=1S/C45H55N3O7S2/c1-44(2)37-16-5-7-18-39(37)47(28-9-11-30-56(49,50)51)41(44)26-22-34-14-13-15-35(43(34)55-36-24-20-33(32-46)21-25-36)23-27-42-45(3,4)38-17-6-8-19-40(38)48(42)29-10-12-31-57(52,53)54/h5-8,16-27H,9-15,28-32,46H2,1-4H3,(H-,49,50,51,52,53,54)/p+1. The topological polar surface area (TPSA) is 150 Å². The highest BCUT2D eigenvalue weighted by molar-refractivity contribution is 7.86. The molecular weight excluding hydrogens is 759 g/mol. The molecule has 0 aromatic heterocycles. The number of hydrogen-bond donors (Lipinski definition) is 3. The summed E-state index contributed by atoms with van der Waals surface area (Å²) in [5.74, 6) is 0.981. The third kappa shape index (κ3) is 9.87. The average Bonchev–Trinajstić information content (AvgIpc) is 3.51. The Kier molecular flexibility index (Phi) is 12.8. The van der Waals surface area contributed by atoms with Crippen molar-refractivity contribution in [2.45, 2.75) is 90.0 Å². The summed E-state index contributed by atoms with van der Waals surface area (Å²) in [7, 11) is -8.07. The van der Waals surface area contributed by atoms with Gasteiger partial charge in [-0.25, -0.2) is 0 Å². The summed E-state index contributed by atoms with van der Waals surface area (Å²) >= 11 is 0. The molecule has 0 fully saturated rings. The summed E-state index contributed by atoms with van der Waals surface area (Å²) in [5, 5.41) is 0. The van der Waals surface area contributed by atoms with Crippen molar-refractivity contribution in [1.82, 2.24) is 0 Å². The molecule has 12 heteroatoms. The van der Waals surface area contributed by atoms with Crippen molar-refractivity contribution < 1.29 is 35.3 Å². The van der Waals surface area contributed by atoms with Crippen molar-refractivity contribution in [3.05, 3.63) is 136 Å². The molecule has 0 amide bonds. The number of benzene rings is 3. The third-order valence-corrected chi connectivity index (χ3v) is 13.0. The lowest BCUT2D eigenvalue weighted by molar-refractivity contribution is -0.438. The Morgan fingerprint density at radius 3 is 2.11 bits per heavy atom. The maximum Gasteiger partial charge on any atom is 0.264 e. The number of allylic oxidation sites excluding steroid dienone is 7. The zero-order chi connectivity index (χ0) is 41.0. The minimum absolute atomic E-state index is 0.267. The molecule has 0 saturated carbocycles. The summed E-state index contributed by atoms with van der Waals surface area (Å²) in [6, 6.07) is 24.5. The third-order valence-electron chi connectivity index (χ3n) is 11.4. The van der Waals surface area contributed by atoms with Gasteiger partial charge in [0.05, 0.1) is 16.9 Å². The second-order valence-corrected chi connectivity index (χ2v) is 19.3. The van der Waals surface area contributed by atoms with Gasteiger partial charge in [0.1, 0.15) is 18.1 Å². The summed E-state index contributed by atoms with van der Waals surface area (Å²) in [6.45, 7) is 10.5. The van der Waals surface area contributed by atoms with Crippen LogP contribution in [0.25, 0.3) is 0 Å². The number of nitrogens with two attached hydrogens (primary N) is 1. The second kappa shape index (κ2) is 17.3. The molecule has 6 rings (SSSR count). The van der Waals surface area contributed by atoms with Gasteiger partial charge in [-0.1, -0.05) is 68.5 Å². The van der Waals surface area contributed by atoms with Crippen LogP contribution in [0.15, 0.2) is 120 Å². The SMILES string of the molecule is CC1(C)C(=CC=C2CCCC(C=CC3=[N+](CCCCS(=O)(=O)O)c4ccccc4C3(C)C)=C2Oc2ccc(CN)cc2)N(CCCCS(=O)(=O)O)c2ccccc21. The molecule has 4 N–H and O–H groups in total. The molecule has 2 aliphatic heterocycles. The van der Waals surface area contributed by atoms with Gasteiger partial charge in [-0.2, -0.15) is 21.4 Å². The zero-order valence-electron chi connectivity index (χ0n) is 33.4. The number of unbranched alkanes of at least 4 members (excludes halogenated alkanes) is 2. The lowest BCUT2D eigenvalue weighted by Crippen LogP contribution is -2.28. The van der Waals surface area contributed by atoms with E-state index in [2.05, 4.69) is 85.7 Å². The van der Waals surface area contributed by atoms with Gasteiger partial charge in [-0.3, -0.25) is 9.11 Å². The molecule has 2 heterocycles. The molecule has 3 aromatic rings.